The van der Waals surface area contributed by atoms with Crippen molar-refractivity contribution in [1.29, 1.82) is 0 Å². The number of hydrogen-bond donors (Lipinski definition) is 0. The van der Waals surface area contributed by atoms with Crippen LogP contribution in [0, 0.1) is 0 Å². The standard InChI is InChI=1S/C38H78Si/c1-5-9-13-17-21-22-23-24-25-26-30-34-38-39(35-31-27-18-14-10-6-2,36-32-28-19-15-11-7-3)37-33-29-20-16-12-8-4/h30,34H,5-29,31-33,35-38H2,1-4H3/b34-30+. The summed E-state index contributed by atoms with van der Waals surface area (Å²) < 4.78 is 0. The quantitative estimate of drug-likeness (QED) is 0.0424. The second-order valence-corrected chi connectivity index (χ2v) is 18.3. The van der Waals surface area contributed by atoms with E-state index in [-0.39, 0.29) is 0 Å². The minimum atomic E-state index is -1.19. The maximum absolute atomic E-state index is 2.71. The summed E-state index contributed by atoms with van der Waals surface area (Å²) in [6.07, 6.45) is 46.1. The molecule has 0 aromatic heterocycles. The molecule has 0 nitrogen and oxygen atoms in total. The van der Waals surface area contributed by atoms with Crippen LogP contribution in [0.1, 0.15) is 207 Å². The Bertz CT molecular complexity index is 427. The van der Waals surface area contributed by atoms with Crippen LogP contribution < -0.4 is 0 Å². The molecule has 0 saturated carbocycles. The van der Waals surface area contributed by atoms with Crippen molar-refractivity contribution in [3.63, 3.8) is 0 Å². The Hall–Kier alpha value is -0.0431. The Balaban J connectivity index is 4.74. The van der Waals surface area contributed by atoms with Gasteiger partial charge < -0.3 is 0 Å². The summed E-state index contributed by atoms with van der Waals surface area (Å²) in [5.74, 6) is 0. The van der Waals surface area contributed by atoms with E-state index in [2.05, 4.69) is 39.8 Å². The first kappa shape index (κ1) is 39.0. The van der Waals surface area contributed by atoms with Crippen LogP contribution in [0.3, 0.4) is 0 Å². The van der Waals surface area contributed by atoms with Gasteiger partial charge in [-0.2, -0.15) is 0 Å². The molecule has 0 amide bonds. The SMILES string of the molecule is CCCCCCCCCCC/C=C/C[Si](CCCCCCCC)(CCCCCCCC)CCCCCCCC. The Morgan fingerprint density at radius 2 is 0.590 bits per heavy atom. The average molecular weight is 563 g/mol. The highest BCUT2D eigenvalue weighted by Gasteiger charge is 2.29. The molecule has 0 rings (SSSR count). The van der Waals surface area contributed by atoms with E-state index in [4.69, 9.17) is 0 Å². The van der Waals surface area contributed by atoms with E-state index in [0.29, 0.717) is 0 Å². The van der Waals surface area contributed by atoms with Crippen molar-refractivity contribution in [1.82, 2.24) is 0 Å². The van der Waals surface area contributed by atoms with Crippen LogP contribution in [0.5, 0.6) is 0 Å². The lowest BCUT2D eigenvalue weighted by molar-refractivity contribution is 0.566. The molecule has 0 unspecified atom stereocenters. The molecule has 0 atom stereocenters. The molecule has 1 heteroatoms. The molecule has 0 spiro atoms. The van der Waals surface area contributed by atoms with Crippen molar-refractivity contribution in [3.8, 4) is 0 Å². The van der Waals surface area contributed by atoms with Gasteiger partial charge in [0.15, 0.2) is 0 Å². The molecule has 0 heterocycles. The summed E-state index contributed by atoms with van der Waals surface area (Å²) in [4.78, 5) is 0. The Morgan fingerprint density at radius 3 is 0.923 bits per heavy atom. The van der Waals surface area contributed by atoms with Crippen LogP contribution in [0.25, 0.3) is 0 Å². The fourth-order valence-electron chi connectivity index (χ4n) is 6.55. The molecular formula is C38H78Si. The average Bonchev–Trinajstić information content (AvgIpc) is 2.95. The van der Waals surface area contributed by atoms with Crippen molar-refractivity contribution in [2.75, 3.05) is 0 Å². The van der Waals surface area contributed by atoms with Crippen molar-refractivity contribution < 1.29 is 0 Å². The molecule has 0 aromatic carbocycles. The van der Waals surface area contributed by atoms with Crippen LogP contribution in [0.4, 0.5) is 0 Å². The molecule has 0 N–H and O–H groups in total. The second-order valence-electron chi connectivity index (χ2n) is 13.3. The minimum absolute atomic E-state index is 1.19. The van der Waals surface area contributed by atoms with E-state index in [0.717, 1.165) is 0 Å². The molecule has 0 saturated heterocycles. The zero-order chi connectivity index (χ0) is 28.5. The normalized spacial score (nSPS) is 12.2. The summed E-state index contributed by atoms with van der Waals surface area (Å²) in [5, 5.41) is 0. The van der Waals surface area contributed by atoms with E-state index in [1.807, 2.05) is 0 Å². The predicted octanol–water partition coefficient (Wildman–Crippen LogP) is 15.0. The zero-order valence-corrected chi connectivity index (χ0v) is 29.3. The summed E-state index contributed by atoms with van der Waals surface area (Å²) in [5.41, 5.74) is 0. The van der Waals surface area contributed by atoms with Gasteiger partial charge in [0.1, 0.15) is 0 Å². The van der Waals surface area contributed by atoms with E-state index in [1.165, 1.54) is 186 Å². The van der Waals surface area contributed by atoms with Crippen LogP contribution in [-0.4, -0.2) is 8.07 Å². The number of hydrogen-bond acceptors (Lipinski definition) is 0. The van der Waals surface area contributed by atoms with Gasteiger partial charge in [-0.3, -0.25) is 0 Å². The molecule has 234 valence electrons. The third-order valence-electron chi connectivity index (χ3n) is 9.37. The fourth-order valence-corrected chi connectivity index (χ4v) is 11.6. The van der Waals surface area contributed by atoms with Gasteiger partial charge in [0.05, 0.1) is 8.07 Å². The van der Waals surface area contributed by atoms with E-state index >= 15 is 0 Å². The summed E-state index contributed by atoms with van der Waals surface area (Å²) in [6, 6.07) is 6.39. The Labute approximate surface area is 251 Å². The van der Waals surface area contributed by atoms with Gasteiger partial charge in [0, 0.05) is 0 Å². The highest BCUT2D eigenvalue weighted by molar-refractivity contribution is 6.80. The van der Waals surface area contributed by atoms with Gasteiger partial charge in [-0.25, -0.2) is 0 Å². The molecule has 0 bridgehead atoms. The van der Waals surface area contributed by atoms with Gasteiger partial charge in [-0.05, 0) is 18.9 Å². The Morgan fingerprint density at radius 1 is 0.308 bits per heavy atom. The monoisotopic (exact) mass is 563 g/mol. The third-order valence-corrected chi connectivity index (χ3v) is 14.7. The minimum Gasteiger partial charge on any atom is -0.0912 e. The van der Waals surface area contributed by atoms with Gasteiger partial charge in [-0.1, -0.05) is 225 Å². The molecule has 0 radical (unpaired) electrons. The highest BCUT2D eigenvalue weighted by Crippen LogP contribution is 2.34. The first-order chi connectivity index (χ1) is 19.2. The van der Waals surface area contributed by atoms with Crippen LogP contribution >= 0.6 is 0 Å². The number of rotatable bonds is 33. The predicted molar refractivity (Wildman–Crippen MR) is 186 cm³/mol. The highest BCUT2D eigenvalue weighted by atomic mass is 28.3. The van der Waals surface area contributed by atoms with E-state index < -0.39 is 8.07 Å². The topological polar surface area (TPSA) is 0 Å². The second kappa shape index (κ2) is 32.5. The van der Waals surface area contributed by atoms with Crippen LogP contribution in [0.2, 0.25) is 24.2 Å². The lowest BCUT2D eigenvalue weighted by Crippen LogP contribution is -2.33. The van der Waals surface area contributed by atoms with Crippen LogP contribution in [0.15, 0.2) is 12.2 Å². The fraction of sp³-hybridized carbons (Fsp3) is 0.947. The number of unbranched alkanes of at least 4 members (excludes halogenated alkanes) is 24. The van der Waals surface area contributed by atoms with Gasteiger partial charge in [-0.15, -0.1) is 0 Å². The largest absolute Gasteiger partial charge is 0.0912 e. The Kier molecular flexibility index (Phi) is 32.4. The smallest absolute Gasteiger partial charge is 0.0573 e. The first-order valence-electron chi connectivity index (χ1n) is 18.9. The van der Waals surface area contributed by atoms with Gasteiger partial charge >= 0.3 is 0 Å². The number of allylic oxidation sites excluding steroid dienone is 2. The molecule has 0 fully saturated rings. The maximum atomic E-state index is 2.71. The molecule has 0 aliphatic heterocycles. The molecule has 0 aliphatic rings. The summed E-state index contributed by atoms with van der Waals surface area (Å²) in [7, 11) is -1.19. The van der Waals surface area contributed by atoms with E-state index in [9.17, 15) is 0 Å². The molecule has 39 heavy (non-hydrogen) atoms. The van der Waals surface area contributed by atoms with Crippen molar-refractivity contribution in [2.24, 2.45) is 0 Å². The molecule has 0 aliphatic carbocycles. The van der Waals surface area contributed by atoms with Crippen LogP contribution in [-0.2, 0) is 0 Å². The maximum Gasteiger partial charge on any atom is 0.0573 e. The lowest BCUT2D eigenvalue weighted by atomic mass is 10.1. The van der Waals surface area contributed by atoms with E-state index in [1.54, 1.807) is 18.1 Å². The third kappa shape index (κ3) is 27.9. The lowest BCUT2D eigenvalue weighted by Gasteiger charge is -2.32. The van der Waals surface area contributed by atoms with Crippen molar-refractivity contribution >= 4 is 8.07 Å². The van der Waals surface area contributed by atoms with Crippen molar-refractivity contribution in [2.45, 2.75) is 232 Å². The van der Waals surface area contributed by atoms with Crippen molar-refractivity contribution in [3.05, 3.63) is 12.2 Å². The van der Waals surface area contributed by atoms with Gasteiger partial charge in [0.25, 0.3) is 0 Å². The molecule has 0 aromatic rings. The molecular weight excluding hydrogens is 485 g/mol. The van der Waals surface area contributed by atoms with Gasteiger partial charge in [0.2, 0.25) is 0 Å². The zero-order valence-electron chi connectivity index (χ0n) is 28.3. The first-order valence-corrected chi connectivity index (χ1v) is 21.7. The summed E-state index contributed by atoms with van der Waals surface area (Å²) >= 11 is 0. The summed E-state index contributed by atoms with van der Waals surface area (Å²) in [6.45, 7) is 9.36.